The molecule has 0 fully saturated rings. The first-order chi connectivity index (χ1) is 11.6. The van der Waals surface area contributed by atoms with Crippen molar-refractivity contribution in [3.8, 4) is 0 Å². The number of nitrogens with two attached hydrogens (primary N) is 1. The largest absolute Gasteiger partial charge is 0.480 e. The number of nitrogens with one attached hydrogen (secondary N) is 3. The van der Waals surface area contributed by atoms with Gasteiger partial charge in [-0.25, -0.2) is 0 Å². The minimum Gasteiger partial charge on any atom is -0.480 e. The fourth-order valence-corrected chi connectivity index (χ4v) is 2.00. The first-order valence-corrected chi connectivity index (χ1v) is 8.46. The highest BCUT2D eigenvalue weighted by Crippen LogP contribution is 2.08. The highest BCUT2D eigenvalue weighted by atomic mass is 16.4. The number of hydrogen-bond donors (Lipinski definition) is 5. The molecule has 0 saturated heterocycles. The summed E-state index contributed by atoms with van der Waals surface area (Å²) in [5.74, 6) is -2.93. The van der Waals surface area contributed by atoms with Gasteiger partial charge in [0.25, 0.3) is 0 Å². The topological polar surface area (TPSA) is 151 Å². The molecule has 0 saturated carbocycles. The molecule has 0 aromatic rings. The highest BCUT2D eigenvalue weighted by Gasteiger charge is 2.26. The average Bonchev–Trinajstić information content (AvgIpc) is 2.59. The maximum atomic E-state index is 12.1. The Hall–Kier alpha value is -2.16. The second-order valence-electron chi connectivity index (χ2n) is 6.17. The number of hydrogen-bond acceptors (Lipinski definition) is 5. The third-order valence-electron chi connectivity index (χ3n) is 4.21. The molecule has 0 aliphatic heterocycles. The summed E-state index contributed by atoms with van der Waals surface area (Å²) in [6.45, 7) is 6.54. The van der Waals surface area contributed by atoms with Gasteiger partial charge in [-0.05, 0) is 11.8 Å². The molecule has 4 unspecified atom stereocenters. The molecular formula is C16H30N4O5. The van der Waals surface area contributed by atoms with E-state index in [1.165, 1.54) is 0 Å². The Labute approximate surface area is 148 Å². The van der Waals surface area contributed by atoms with Crippen LogP contribution in [0.4, 0.5) is 0 Å². The molecular weight excluding hydrogens is 328 g/mol. The summed E-state index contributed by atoms with van der Waals surface area (Å²) in [5.41, 5.74) is 5.78. The van der Waals surface area contributed by atoms with Gasteiger partial charge in [0.1, 0.15) is 12.6 Å². The summed E-state index contributed by atoms with van der Waals surface area (Å²) < 4.78 is 0. The van der Waals surface area contributed by atoms with Crippen LogP contribution in [0, 0.1) is 11.8 Å². The van der Waals surface area contributed by atoms with Crippen molar-refractivity contribution in [2.24, 2.45) is 17.6 Å². The fraction of sp³-hybridized carbons (Fsp3) is 0.750. The van der Waals surface area contributed by atoms with E-state index < -0.39 is 42.3 Å². The standard InChI is InChI=1S/C16H30N4O5/c1-5-9(3)13(17)15(24)18-7-11(21)20-14(10(4)6-2)16(25)19-8-12(22)23/h9-10,13-14H,5-8,17H2,1-4H3,(H,18,24)(H,19,25)(H,20,21)(H,22,23). The van der Waals surface area contributed by atoms with Crippen LogP contribution in [-0.4, -0.2) is 54.0 Å². The zero-order valence-electron chi connectivity index (χ0n) is 15.3. The summed E-state index contributed by atoms with van der Waals surface area (Å²) >= 11 is 0. The van der Waals surface area contributed by atoms with Gasteiger partial charge in [0.2, 0.25) is 17.7 Å². The predicted molar refractivity (Wildman–Crippen MR) is 92.5 cm³/mol. The van der Waals surface area contributed by atoms with Gasteiger partial charge >= 0.3 is 5.97 Å². The van der Waals surface area contributed by atoms with Gasteiger partial charge in [-0.2, -0.15) is 0 Å². The summed E-state index contributed by atoms with van der Waals surface area (Å²) in [7, 11) is 0. The summed E-state index contributed by atoms with van der Waals surface area (Å²) in [4.78, 5) is 46.5. The van der Waals surface area contributed by atoms with E-state index in [1.807, 2.05) is 20.8 Å². The molecule has 0 rings (SSSR count). The molecule has 0 heterocycles. The summed E-state index contributed by atoms with van der Waals surface area (Å²) in [5, 5.41) is 15.8. The molecule has 0 bridgehead atoms. The van der Waals surface area contributed by atoms with Crippen LogP contribution in [-0.2, 0) is 19.2 Å². The van der Waals surface area contributed by atoms with E-state index in [-0.39, 0.29) is 18.4 Å². The van der Waals surface area contributed by atoms with Crippen molar-refractivity contribution in [1.29, 1.82) is 0 Å². The second kappa shape index (κ2) is 11.4. The molecule has 0 aromatic carbocycles. The van der Waals surface area contributed by atoms with Gasteiger partial charge in [-0.3, -0.25) is 19.2 Å². The van der Waals surface area contributed by atoms with Crippen LogP contribution in [0.5, 0.6) is 0 Å². The third kappa shape index (κ3) is 8.48. The van der Waals surface area contributed by atoms with Crippen molar-refractivity contribution in [3.05, 3.63) is 0 Å². The lowest BCUT2D eigenvalue weighted by Crippen LogP contribution is -2.54. The number of carboxylic acids is 1. The van der Waals surface area contributed by atoms with Crippen LogP contribution < -0.4 is 21.7 Å². The molecule has 25 heavy (non-hydrogen) atoms. The number of carboxylic acid groups (broad SMARTS) is 1. The second-order valence-corrected chi connectivity index (χ2v) is 6.17. The smallest absolute Gasteiger partial charge is 0.322 e. The van der Waals surface area contributed by atoms with Crippen LogP contribution in [0.25, 0.3) is 0 Å². The van der Waals surface area contributed by atoms with Crippen LogP contribution in [0.15, 0.2) is 0 Å². The average molecular weight is 358 g/mol. The van der Waals surface area contributed by atoms with Crippen molar-refractivity contribution in [3.63, 3.8) is 0 Å². The Morgan fingerprint density at radius 2 is 1.44 bits per heavy atom. The molecule has 9 nitrogen and oxygen atoms in total. The van der Waals surface area contributed by atoms with Crippen LogP contribution in [0.1, 0.15) is 40.5 Å². The van der Waals surface area contributed by atoms with E-state index in [1.54, 1.807) is 6.92 Å². The van der Waals surface area contributed by atoms with Crippen molar-refractivity contribution < 1.29 is 24.3 Å². The number of amides is 3. The van der Waals surface area contributed by atoms with Crippen LogP contribution in [0.2, 0.25) is 0 Å². The van der Waals surface area contributed by atoms with E-state index in [4.69, 9.17) is 10.8 Å². The number of rotatable bonds is 11. The molecule has 4 atom stereocenters. The monoisotopic (exact) mass is 358 g/mol. The molecule has 0 aromatic heterocycles. The zero-order valence-corrected chi connectivity index (χ0v) is 15.3. The minimum absolute atomic E-state index is 0.0160. The lowest BCUT2D eigenvalue weighted by atomic mass is 9.98. The third-order valence-corrected chi connectivity index (χ3v) is 4.21. The fourth-order valence-electron chi connectivity index (χ4n) is 2.00. The molecule has 0 aliphatic rings. The summed E-state index contributed by atoms with van der Waals surface area (Å²) in [6, 6.07) is -1.58. The van der Waals surface area contributed by atoms with E-state index in [0.717, 1.165) is 6.42 Å². The van der Waals surface area contributed by atoms with Crippen molar-refractivity contribution >= 4 is 23.7 Å². The Morgan fingerprint density at radius 1 is 0.920 bits per heavy atom. The van der Waals surface area contributed by atoms with Crippen molar-refractivity contribution in [2.75, 3.05) is 13.1 Å². The molecule has 6 N–H and O–H groups in total. The van der Waals surface area contributed by atoms with Crippen LogP contribution >= 0.6 is 0 Å². The van der Waals surface area contributed by atoms with E-state index in [9.17, 15) is 19.2 Å². The molecule has 0 spiro atoms. The maximum absolute atomic E-state index is 12.1. The van der Waals surface area contributed by atoms with Gasteiger partial charge in [-0.15, -0.1) is 0 Å². The molecule has 9 heteroatoms. The normalized spacial score (nSPS) is 15.4. The lowest BCUT2D eigenvalue weighted by molar-refractivity contribution is -0.138. The Morgan fingerprint density at radius 3 is 1.92 bits per heavy atom. The van der Waals surface area contributed by atoms with Gasteiger partial charge in [0.05, 0.1) is 12.6 Å². The van der Waals surface area contributed by atoms with E-state index >= 15 is 0 Å². The van der Waals surface area contributed by atoms with E-state index in [2.05, 4.69) is 16.0 Å². The Bertz CT molecular complexity index is 483. The Balaban J connectivity index is 4.64. The SMILES string of the molecule is CCC(C)C(N)C(=O)NCC(=O)NC(C(=O)NCC(=O)O)C(C)CC. The highest BCUT2D eigenvalue weighted by molar-refractivity contribution is 5.92. The van der Waals surface area contributed by atoms with Crippen molar-refractivity contribution in [2.45, 2.75) is 52.6 Å². The first kappa shape index (κ1) is 22.8. The van der Waals surface area contributed by atoms with Crippen LogP contribution in [0.3, 0.4) is 0 Å². The van der Waals surface area contributed by atoms with Gasteiger partial charge < -0.3 is 26.8 Å². The number of aliphatic carboxylic acids is 1. The molecule has 3 amide bonds. The zero-order chi connectivity index (χ0) is 19.6. The molecule has 144 valence electrons. The van der Waals surface area contributed by atoms with E-state index in [0.29, 0.717) is 6.42 Å². The van der Waals surface area contributed by atoms with Crippen molar-refractivity contribution in [1.82, 2.24) is 16.0 Å². The molecule has 0 aliphatic carbocycles. The number of carbonyl (C=O) groups excluding carboxylic acids is 3. The maximum Gasteiger partial charge on any atom is 0.322 e. The first-order valence-electron chi connectivity index (χ1n) is 8.46. The predicted octanol–water partition coefficient (Wildman–Crippen LogP) is -0.792. The Kier molecular flexibility index (Phi) is 10.4. The minimum atomic E-state index is -1.17. The van der Waals surface area contributed by atoms with Gasteiger partial charge in [0.15, 0.2) is 0 Å². The number of carbonyl (C=O) groups is 4. The van der Waals surface area contributed by atoms with Gasteiger partial charge in [-0.1, -0.05) is 40.5 Å². The lowest BCUT2D eigenvalue weighted by Gasteiger charge is -2.23. The van der Waals surface area contributed by atoms with Gasteiger partial charge in [0, 0.05) is 0 Å². The summed E-state index contributed by atoms with van der Waals surface area (Å²) in [6.07, 6.45) is 1.34. The quantitative estimate of drug-likeness (QED) is 0.326. The molecule has 0 radical (unpaired) electrons.